The Morgan fingerprint density at radius 2 is 1.55 bits per heavy atom. The molecule has 0 saturated carbocycles. The molecule has 0 spiro atoms. The van der Waals surface area contributed by atoms with Crippen LogP contribution in [0.4, 0.5) is 16.4 Å². The second-order valence-electron chi connectivity index (χ2n) is 11.6. The Hall–Kier alpha value is -4.09. The molecule has 1 fully saturated rings. The number of rotatable bonds is 5. The maximum atomic E-state index is 13.4. The van der Waals surface area contributed by atoms with E-state index in [0.717, 1.165) is 11.1 Å². The molecule has 4 aromatic rings. The van der Waals surface area contributed by atoms with Crippen molar-refractivity contribution in [1.29, 1.82) is 0 Å². The fourth-order valence-corrected chi connectivity index (χ4v) is 6.60. The molecule has 3 aromatic carbocycles. The van der Waals surface area contributed by atoms with Crippen molar-refractivity contribution >= 4 is 38.8 Å². The quantitative estimate of drug-likeness (QED) is 0.320. The molecule has 42 heavy (non-hydrogen) atoms. The number of piperazine rings is 1. The maximum absolute atomic E-state index is 13.4. The van der Waals surface area contributed by atoms with Crippen LogP contribution in [0.25, 0.3) is 22.2 Å². The lowest BCUT2D eigenvalue weighted by Crippen LogP contribution is -2.51. The normalized spacial score (nSPS) is 14.7. The van der Waals surface area contributed by atoms with Gasteiger partial charge in [-0.3, -0.25) is 0 Å². The third kappa shape index (κ3) is 6.22. The minimum atomic E-state index is -3.78. The predicted molar refractivity (Wildman–Crippen MR) is 163 cm³/mol. The molecular formula is C31H36N6O4S. The second-order valence-corrected chi connectivity index (χ2v) is 13.5. The Balaban J connectivity index is 1.32. The summed E-state index contributed by atoms with van der Waals surface area (Å²) in [6.07, 6.45) is -0.438. The number of carbonyl (C=O) groups excluding carboxylic acids is 1. The van der Waals surface area contributed by atoms with Gasteiger partial charge < -0.3 is 15.0 Å². The van der Waals surface area contributed by atoms with Crippen LogP contribution in [-0.2, 0) is 14.8 Å². The fraction of sp³-hybridized carbons (Fsp3) is 0.355. The van der Waals surface area contributed by atoms with Gasteiger partial charge in [0, 0.05) is 31.9 Å². The summed E-state index contributed by atoms with van der Waals surface area (Å²) in [4.78, 5) is 18.7. The third-order valence-corrected chi connectivity index (χ3v) is 9.03. The Labute approximate surface area is 246 Å². The number of sulfonamides is 1. The summed E-state index contributed by atoms with van der Waals surface area (Å²) in [6, 6.07) is 16.9. The first-order chi connectivity index (χ1) is 19.8. The Morgan fingerprint density at radius 3 is 2.21 bits per heavy atom. The molecule has 0 aliphatic carbocycles. The number of hydrogen-bond donors (Lipinski definition) is 1. The third-order valence-electron chi connectivity index (χ3n) is 7.14. The SMILES string of the molecule is Cc1cccc(C)c1-c1cc(C)c2nc(Nc3cccc(S(=O)(=O)N4CCN(C(=O)OC(C)(C)C)CC4)c3)nnc2c1. The number of nitrogens with one attached hydrogen (secondary N) is 1. The van der Waals surface area contributed by atoms with E-state index in [9.17, 15) is 13.2 Å². The van der Waals surface area contributed by atoms with Gasteiger partial charge in [0.1, 0.15) is 11.1 Å². The van der Waals surface area contributed by atoms with Crippen LogP contribution in [0.15, 0.2) is 59.5 Å². The number of nitrogens with zero attached hydrogens (tertiary/aromatic N) is 5. The minimum absolute atomic E-state index is 0.140. The standard InChI is InChI=1S/C31H36N6O4S/c1-20-9-7-10-21(2)27(20)23-17-22(3)28-26(18-23)34-35-29(33-28)32-24-11-8-12-25(19-24)42(39,40)37-15-13-36(14-16-37)30(38)41-31(4,5)6/h7-12,17-19H,13-16H2,1-6H3,(H,32,33,35). The van der Waals surface area contributed by atoms with E-state index in [-0.39, 0.29) is 37.0 Å². The minimum Gasteiger partial charge on any atom is -0.444 e. The number of aromatic nitrogens is 3. The van der Waals surface area contributed by atoms with E-state index in [4.69, 9.17) is 4.74 Å². The molecule has 10 nitrogen and oxygen atoms in total. The predicted octanol–water partition coefficient (Wildman–Crippen LogP) is 5.60. The van der Waals surface area contributed by atoms with Gasteiger partial charge in [-0.2, -0.15) is 4.31 Å². The molecule has 5 rings (SSSR count). The number of fused-ring (bicyclic) bond motifs is 1. The molecule has 0 radical (unpaired) electrons. The number of amides is 1. The first kappa shape index (κ1) is 29.4. The van der Waals surface area contributed by atoms with Crippen LogP contribution in [0.1, 0.15) is 37.5 Å². The highest BCUT2D eigenvalue weighted by molar-refractivity contribution is 7.89. The van der Waals surface area contributed by atoms with Crippen LogP contribution in [0.5, 0.6) is 0 Å². The summed E-state index contributed by atoms with van der Waals surface area (Å²) < 4.78 is 33.7. The lowest BCUT2D eigenvalue weighted by atomic mass is 9.94. The van der Waals surface area contributed by atoms with E-state index in [1.165, 1.54) is 25.9 Å². The molecule has 1 aromatic heterocycles. The van der Waals surface area contributed by atoms with Gasteiger partial charge in [0.05, 0.1) is 10.4 Å². The van der Waals surface area contributed by atoms with Crippen molar-refractivity contribution in [3.63, 3.8) is 0 Å². The molecule has 0 atom stereocenters. The van der Waals surface area contributed by atoms with Crippen molar-refractivity contribution in [3.05, 3.63) is 71.3 Å². The summed E-state index contributed by atoms with van der Waals surface area (Å²) >= 11 is 0. The highest BCUT2D eigenvalue weighted by Gasteiger charge is 2.32. The number of anilines is 2. The molecule has 11 heteroatoms. The number of benzene rings is 3. The van der Waals surface area contributed by atoms with Gasteiger partial charge in [0.25, 0.3) is 0 Å². The largest absolute Gasteiger partial charge is 0.444 e. The van der Waals surface area contributed by atoms with Crippen LogP contribution in [-0.4, -0.2) is 70.7 Å². The zero-order valence-electron chi connectivity index (χ0n) is 24.8. The molecule has 2 heterocycles. The van der Waals surface area contributed by atoms with Crippen molar-refractivity contribution in [2.24, 2.45) is 0 Å². The maximum Gasteiger partial charge on any atom is 0.410 e. The summed E-state index contributed by atoms with van der Waals surface area (Å²) in [6.45, 7) is 12.5. The monoisotopic (exact) mass is 588 g/mol. The first-order valence-corrected chi connectivity index (χ1v) is 15.3. The highest BCUT2D eigenvalue weighted by atomic mass is 32.2. The second kappa shape index (κ2) is 11.3. The molecule has 220 valence electrons. The van der Waals surface area contributed by atoms with Crippen LogP contribution in [0, 0.1) is 20.8 Å². The van der Waals surface area contributed by atoms with E-state index in [1.54, 1.807) is 45.0 Å². The summed E-state index contributed by atoms with van der Waals surface area (Å²) in [5.41, 5.74) is 6.89. The van der Waals surface area contributed by atoms with Gasteiger partial charge in [-0.15, -0.1) is 10.2 Å². The fourth-order valence-electron chi connectivity index (χ4n) is 5.13. The molecule has 0 bridgehead atoms. The Bertz CT molecular complexity index is 1740. The summed E-state index contributed by atoms with van der Waals surface area (Å²) in [7, 11) is -3.78. The summed E-state index contributed by atoms with van der Waals surface area (Å²) in [5, 5.41) is 11.8. The smallest absolute Gasteiger partial charge is 0.410 e. The van der Waals surface area contributed by atoms with Gasteiger partial charge in [0.15, 0.2) is 0 Å². The van der Waals surface area contributed by atoms with Crippen LogP contribution in [0.3, 0.4) is 0 Å². The van der Waals surface area contributed by atoms with Gasteiger partial charge >= 0.3 is 6.09 Å². The lowest BCUT2D eigenvalue weighted by Gasteiger charge is -2.35. The Morgan fingerprint density at radius 1 is 0.881 bits per heavy atom. The average molecular weight is 589 g/mol. The van der Waals surface area contributed by atoms with Crippen molar-refractivity contribution in [1.82, 2.24) is 24.4 Å². The van der Waals surface area contributed by atoms with E-state index < -0.39 is 21.7 Å². The molecule has 1 amide bonds. The molecule has 1 N–H and O–H groups in total. The van der Waals surface area contributed by atoms with Crippen molar-refractivity contribution in [2.75, 3.05) is 31.5 Å². The lowest BCUT2D eigenvalue weighted by molar-refractivity contribution is 0.0192. The van der Waals surface area contributed by atoms with Crippen LogP contribution >= 0.6 is 0 Å². The van der Waals surface area contributed by atoms with Gasteiger partial charge in [-0.05, 0) is 99.7 Å². The van der Waals surface area contributed by atoms with Crippen LogP contribution in [0.2, 0.25) is 0 Å². The molecule has 1 aliphatic heterocycles. The number of hydrogen-bond acceptors (Lipinski definition) is 8. The highest BCUT2D eigenvalue weighted by Crippen LogP contribution is 2.31. The zero-order chi connectivity index (χ0) is 30.2. The van der Waals surface area contributed by atoms with Gasteiger partial charge in [-0.25, -0.2) is 18.2 Å². The van der Waals surface area contributed by atoms with E-state index in [1.807, 2.05) is 19.1 Å². The zero-order valence-corrected chi connectivity index (χ0v) is 25.6. The molecule has 0 unspecified atom stereocenters. The number of carbonyl (C=O) groups is 1. The number of aryl methyl sites for hydroxylation is 3. The van der Waals surface area contributed by atoms with Crippen LogP contribution < -0.4 is 5.32 Å². The van der Waals surface area contributed by atoms with Gasteiger partial charge in [0.2, 0.25) is 16.0 Å². The first-order valence-electron chi connectivity index (χ1n) is 13.9. The molecular weight excluding hydrogens is 552 g/mol. The van der Waals surface area contributed by atoms with Crippen molar-refractivity contribution in [3.8, 4) is 11.1 Å². The molecule has 1 saturated heterocycles. The Kier molecular flexibility index (Phi) is 7.91. The average Bonchev–Trinajstić information content (AvgIpc) is 2.93. The van der Waals surface area contributed by atoms with E-state index in [2.05, 4.69) is 52.5 Å². The summed E-state index contributed by atoms with van der Waals surface area (Å²) in [5.74, 6) is 0.269. The van der Waals surface area contributed by atoms with E-state index in [0.29, 0.717) is 16.7 Å². The van der Waals surface area contributed by atoms with Gasteiger partial charge in [-0.1, -0.05) is 24.3 Å². The van der Waals surface area contributed by atoms with E-state index >= 15 is 0 Å². The van der Waals surface area contributed by atoms with Crippen molar-refractivity contribution < 1.29 is 17.9 Å². The molecule has 1 aliphatic rings. The topological polar surface area (TPSA) is 118 Å². The van der Waals surface area contributed by atoms with Crippen molar-refractivity contribution in [2.45, 2.75) is 52.0 Å². The number of ether oxygens (including phenoxy) is 1.